The van der Waals surface area contributed by atoms with Gasteiger partial charge in [0.2, 0.25) is 0 Å². The van der Waals surface area contributed by atoms with Crippen molar-refractivity contribution in [2.24, 2.45) is 5.92 Å². The molecule has 0 spiro atoms. The van der Waals surface area contributed by atoms with E-state index in [2.05, 4.69) is 5.16 Å². The summed E-state index contributed by atoms with van der Waals surface area (Å²) in [6.07, 6.45) is 0. The molecule has 1 unspecified atom stereocenters. The Morgan fingerprint density at radius 3 is 3.18 bits per heavy atom. The molecule has 2 aromatic heterocycles. The second-order valence-corrected chi connectivity index (χ2v) is 5.94. The predicted octanol–water partition coefficient (Wildman–Crippen LogP) is 3.26. The first kappa shape index (κ1) is 12.7. The topological polar surface area (TPSA) is 46.3 Å². The monoisotopic (exact) mass is 269 g/mol. The van der Waals surface area contributed by atoms with Gasteiger partial charge in [0, 0.05) is 18.4 Å². The van der Waals surface area contributed by atoms with Gasteiger partial charge in [0.1, 0.15) is 0 Å². The highest BCUT2D eigenvalue weighted by Crippen LogP contribution is 2.26. The zero-order valence-electron chi connectivity index (χ0n) is 9.63. The molecule has 0 fully saturated rings. The largest absolute Gasteiger partial charge is 0.396 e. The Kier molecular flexibility index (Phi) is 4.65. The Balaban J connectivity index is 1.87. The Hall–Kier alpha value is -0.780. The van der Waals surface area contributed by atoms with E-state index in [1.54, 1.807) is 23.1 Å². The van der Waals surface area contributed by atoms with Crippen LogP contribution in [0.5, 0.6) is 0 Å². The van der Waals surface area contributed by atoms with Gasteiger partial charge >= 0.3 is 0 Å². The van der Waals surface area contributed by atoms with E-state index < -0.39 is 0 Å². The van der Waals surface area contributed by atoms with Gasteiger partial charge in [-0.25, -0.2) is 0 Å². The standard InChI is InChI=1S/C12H15NO2S2/c1-9(6-14)7-16-8-10-5-11(15-13-10)12-3-2-4-17-12/h2-5,9,14H,6-8H2,1H3. The molecule has 0 saturated carbocycles. The summed E-state index contributed by atoms with van der Waals surface area (Å²) in [5.74, 6) is 2.95. The van der Waals surface area contributed by atoms with Crippen LogP contribution < -0.4 is 0 Å². The molecule has 0 aliphatic heterocycles. The number of rotatable bonds is 6. The number of hydrogen-bond acceptors (Lipinski definition) is 5. The molecule has 0 saturated heterocycles. The highest BCUT2D eigenvalue weighted by atomic mass is 32.2. The summed E-state index contributed by atoms with van der Waals surface area (Å²) < 4.78 is 5.29. The summed E-state index contributed by atoms with van der Waals surface area (Å²) in [7, 11) is 0. The van der Waals surface area contributed by atoms with Crippen molar-refractivity contribution in [2.45, 2.75) is 12.7 Å². The van der Waals surface area contributed by atoms with E-state index in [9.17, 15) is 0 Å². The van der Waals surface area contributed by atoms with E-state index in [1.807, 2.05) is 30.5 Å². The van der Waals surface area contributed by atoms with Gasteiger partial charge in [0.25, 0.3) is 0 Å². The average molecular weight is 269 g/mol. The van der Waals surface area contributed by atoms with E-state index in [1.165, 1.54) is 0 Å². The van der Waals surface area contributed by atoms with Crippen LogP contribution in [-0.2, 0) is 5.75 Å². The van der Waals surface area contributed by atoms with Gasteiger partial charge in [0.15, 0.2) is 5.76 Å². The fraction of sp³-hybridized carbons (Fsp3) is 0.417. The van der Waals surface area contributed by atoms with Gasteiger partial charge in [0.05, 0.1) is 10.6 Å². The third-order valence-electron chi connectivity index (χ3n) is 2.29. The second-order valence-electron chi connectivity index (χ2n) is 3.96. The molecule has 0 aromatic carbocycles. The third kappa shape index (κ3) is 3.59. The molecular weight excluding hydrogens is 254 g/mol. The Morgan fingerprint density at radius 1 is 1.59 bits per heavy atom. The van der Waals surface area contributed by atoms with Crippen molar-refractivity contribution in [2.75, 3.05) is 12.4 Å². The molecule has 1 N–H and O–H groups in total. The molecule has 0 radical (unpaired) electrons. The second kappa shape index (κ2) is 6.23. The van der Waals surface area contributed by atoms with Crippen molar-refractivity contribution in [3.05, 3.63) is 29.3 Å². The van der Waals surface area contributed by atoms with E-state index in [4.69, 9.17) is 9.63 Å². The van der Waals surface area contributed by atoms with Crippen LogP contribution in [0.4, 0.5) is 0 Å². The molecule has 92 valence electrons. The maximum absolute atomic E-state index is 8.91. The lowest BCUT2D eigenvalue weighted by atomic mass is 10.2. The Bertz CT molecular complexity index is 439. The molecule has 5 heteroatoms. The number of thioether (sulfide) groups is 1. The molecule has 2 aromatic rings. The number of aliphatic hydroxyl groups excluding tert-OH is 1. The molecular formula is C12H15NO2S2. The number of thiophene rings is 1. The van der Waals surface area contributed by atoms with Gasteiger partial charge in [-0.3, -0.25) is 0 Å². The molecule has 3 nitrogen and oxygen atoms in total. The minimum Gasteiger partial charge on any atom is -0.396 e. The summed E-state index contributed by atoms with van der Waals surface area (Å²) in [6.45, 7) is 2.28. The van der Waals surface area contributed by atoms with Gasteiger partial charge < -0.3 is 9.63 Å². The van der Waals surface area contributed by atoms with E-state index in [-0.39, 0.29) is 6.61 Å². The highest BCUT2D eigenvalue weighted by Gasteiger charge is 2.08. The van der Waals surface area contributed by atoms with Crippen LogP contribution in [0.15, 0.2) is 28.1 Å². The summed E-state index contributed by atoms with van der Waals surface area (Å²) in [5.41, 5.74) is 0.962. The van der Waals surface area contributed by atoms with Crippen molar-refractivity contribution in [1.82, 2.24) is 5.16 Å². The zero-order chi connectivity index (χ0) is 12.1. The van der Waals surface area contributed by atoms with Crippen LogP contribution >= 0.6 is 23.1 Å². The van der Waals surface area contributed by atoms with Crippen molar-refractivity contribution in [3.63, 3.8) is 0 Å². The van der Waals surface area contributed by atoms with E-state index in [0.29, 0.717) is 5.92 Å². The maximum Gasteiger partial charge on any atom is 0.177 e. The fourth-order valence-electron chi connectivity index (χ4n) is 1.33. The quantitative estimate of drug-likeness (QED) is 0.874. The van der Waals surface area contributed by atoms with Gasteiger partial charge in [-0.2, -0.15) is 11.8 Å². The highest BCUT2D eigenvalue weighted by molar-refractivity contribution is 7.98. The first-order chi connectivity index (χ1) is 8.29. The smallest absolute Gasteiger partial charge is 0.177 e. The Morgan fingerprint density at radius 2 is 2.47 bits per heavy atom. The van der Waals surface area contributed by atoms with E-state index >= 15 is 0 Å². The molecule has 0 amide bonds. The third-order valence-corrected chi connectivity index (χ3v) is 4.48. The average Bonchev–Trinajstić information content (AvgIpc) is 2.98. The van der Waals surface area contributed by atoms with Crippen LogP contribution in [0.2, 0.25) is 0 Å². The lowest BCUT2D eigenvalue weighted by molar-refractivity contribution is 0.250. The van der Waals surface area contributed by atoms with Crippen molar-refractivity contribution < 1.29 is 9.63 Å². The van der Waals surface area contributed by atoms with Gasteiger partial charge in [-0.15, -0.1) is 11.3 Å². The molecule has 0 aliphatic carbocycles. The van der Waals surface area contributed by atoms with E-state index in [0.717, 1.165) is 27.8 Å². The van der Waals surface area contributed by atoms with Crippen LogP contribution in [0, 0.1) is 5.92 Å². The van der Waals surface area contributed by atoms with Gasteiger partial charge in [-0.05, 0) is 23.1 Å². The number of hydrogen-bond donors (Lipinski definition) is 1. The molecule has 2 heterocycles. The van der Waals surface area contributed by atoms with Crippen molar-refractivity contribution >= 4 is 23.1 Å². The number of aliphatic hydroxyl groups is 1. The van der Waals surface area contributed by atoms with Crippen molar-refractivity contribution in [1.29, 1.82) is 0 Å². The van der Waals surface area contributed by atoms with Crippen molar-refractivity contribution in [3.8, 4) is 10.6 Å². The predicted molar refractivity (Wildman–Crippen MR) is 72.2 cm³/mol. The fourth-order valence-corrected chi connectivity index (χ4v) is 2.98. The normalized spacial score (nSPS) is 12.8. The summed E-state index contributed by atoms with van der Waals surface area (Å²) in [5, 5.41) is 15.0. The minimum absolute atomic E-state index is 0.242. The van der Waals surface area contributed by atoms with Crippen LogP contribution in [0.25, 0.3) is 10.6 Å². The Labute approximate surface area is 109 Å². The number of aromatic nitrogens is 1. The van der Waals surface area contributed by atoms with Crippen LogP contribution in [-0.4, -0.2) is 22.6 Å². The summed E-state index contributed by atoms with van der Waals surface area (Å²) >= 11 is 3.42. The first-order valence-electron chi connectivity index (χ1n) is 5.47. The summed E-state index contributed by atoms with van der Waals surface area (Å²) in [6, 6.07) is 6.01. The van der Waals surface area contributed by atoms with Gasteiger partial charge in [-0.1, -0.05) is 18.1 Å². The molecule has 1 atom stereocenters. The van der Waals surface area contributed by atoms with Crippen LogP contribution in [0.1, 0.15) is 12.6 Å². The number of nitrogens with zero attached hydrogens (tertiary/aromatic N) is 1. The lowest BCUT2D eigenvalue weighted by Crippen LogP contribution is -2.03. The minimum atomic E-state index is 0.242. The maximum atomic E-state index is 8.91. The SMILES string of the molecule is CC(CO)CSCc1cc(-c2cccs2)on1. The molecule has 0 aliphatic rings. The molecule has 2 rings (SSSR count). The van der Waals surface area contributed by atoms with Crippen LogP contribution in [0.3, 0.4) is 0 Å². The zero-order valence-corrected chi connectivity index (χ0v) is 11.3. The molecule has 17 heavy (non-hydrogen) atoms. The summed E-state index contributed by atoms with van der Waals surface area (Å²) in [4.78, 5) is 1.11. The molecule has 0 bridgehead atoms. The lowest BCUT2D eigenvalue weighted by Gasteiger charge is -2.04. The first-order valence-corrected chi connectivity index (χ1v) is 7.51.